The number of carbonyl (C=O) groups is 3. The van der Waals surface area contributed by atoms with Crippen molar-refractivity contribution in [3.8, 4) is 0 Å². The number of benzene rings is 2. The highest BCUT2D eigenvalue weighted by atomic mass is 16.5. The third kappa shape index (κ3) is 7.24. The van der Waals surface area contributed by atoms with Crippen molar-refractivity contribution in [2.75, 3.05) is 7.11 Å². The second kappa shape index (κ2) is 11.6. The summed E-state index contributed by atoms with van der Waals surface area (Å²) in [7, 11) is 1.27. The smallest absolute Gasteiger partial charge is 0.408 e. The number of nitrogens with one attached hydrogen (secondary N) is 2. The Hall–Kier alpha value is -3.35. The van der Waals surface area contributed by atoms with Gasteiger partial charge in [-0.25, -0.2) is 9.59 Å². The van der Waals surface area contributed by atoms with Gasteiger partial charge in [0.05, 0.1) is 7.11 Å². The van der Waals surface area contributed by atoms with Crippen molar-refractivity contribution in [1.29, 1.82) is 0 Å². The minimum atomic E-state index is -0.915. The highest BCUT2D eigenvalue weighted by Gasteiger charge is 2.29. The van der Waals surface area contributed by atoms with Crippen molar-refractivity contribution in [2.24, 2.45) is 5.92 Å². The van der Waals surface area contributed by atoms with Crippen LogP contribution in [0.3, 0.4) is 0 Å². The standard InChI is InChI=1S/C23H28N2O5/c1-16(2)20(22(27)29-3)25-21(26)19(14-17-10-6-4-7-11-17)24-23(28)30-15-18-12-8-5-9-13-18/h4-13,16,19-20H,14-15H2,1-3H3,(H,24,28)(H,25,26)/t19-,20+/m0/s1. The van der Waals surface area contributed by atoms with Crippen LogP contribution in [-0.2, 0) is 32.1 Å². The lowest BCUT2D eigenvalue weighted by Gasteiger charge is -2.24. The molecule has 2 N–H and O–H groups in total. The first-order valence-corrected chi connectivity index (χ1v) is 9.80. The molecule has 0 aliphatic carbocycles. The lowest BCUT2D eigenvalue weighted by atomic mass is 10.0. The second-order valence-corrected chi connectivity index (χ2v) is 7.20. The van der Waals surface area contributed by atoms with Crippen molar-refractivity contribution in [3.05, 3.63) is 71.8 Å². The molecule has 2 rings (SSSR count). The van der Waals surface area contributed by atoms with E-state index in [1.165, 1.54) is 7.11 Å². The van der Waals surface area contributed by atoms with E-state index < -0.39 is 30.1 Å². The molecule has 2 aromatic carbocycles. The molecule has 7 heteroatoms. The van der Waals surface area contributed by atoms with Gasteiger partial charge in [0, 0.05) is 6.42 Å². The Balaban J connectivity index is 2.08. The highest BCUT2D eigenvalue weighted by Crippen LogP contribution is 2.08. The molecule has 2 aromatic rings. The molecule has 0 aliphatic rings. The SMILES string of the molecule is COC(=O)[C@H](NC(=O)[C@H](Cc1ccccc1)NC(=O)OCc1ccccc1)C(C)C. The number of hydrogen-bond acceptors (Lipinski definition) is 5. The summed E-state index contributed by atoms with van der Waals surface area (Å²) in [5.41, 5.74) is 1.70. The topological polar surface area (TPSA) is 93.7 Å². The molecule has 0 saturated heterocycles. The lowest BCUT2D eigenvalue weighted by molar-refractivity contribution is -0.146. The maximum absolute atomic E-state index is 12.9. The first-order chi connectivity index (χ1) is 14.4. The van der Waals surface area contributed by atoms with E-state index in [-0.39, 0.29) is 18.9 Å². The summed E-state index contributed by atoms with van der Waals surface area (Å²) in [5.74, 6) is -1.20. The van der Waals surface area contributed by atoms with E-state index in [1.807, 2.05) is 60.7 Å². The van der Waals surface area contributed by atoms with Crippen LogP contribution in [0.1, 0.15) is 25.0 Å². The number of carbonyl (C=O) groups excluding carboxylic acids is 3. The highest BCUT2D eigenvalue weighted by molar-refractivity contribution is 5.90. The Labute approximate surface area is 176 Å². The minimum Gasteiger partial charge on any atom is -0.467 e. The van der Waals surface area contributed by atoms with Crippen LogP contribution in [-0.4, -0.2) is 37.2 Å². The van der Waals surface area contributed by atoms with Gasteiger partial charge in [0.2, 0.25) is 5.91 Å². The zero-order chi connectivity index (χ0) is 21.9. The number of hydrogen-bond donors (Lipinski definition) is 2. The number of methoxy groups -OCH3 is 1. The van der Waals surface area contributed by atoms with E-state index in [0.29, 0.717) is 0 Å². The van der Waals surface area contributed by atoms with Gasteiger partial charge in [0.15, 0.2) is 0 Å². The molecule has 0 heterocycles. The number of esters is 1. The average Bonchev–Trinajstić information content (AvgIpc) is 2.76. The summed E-state index contributed by atoms with van der Waals surface area (Å²) in [4.78, 5) is 37.2. The van der Waals surface area contributed by atoms with E-state index in [0.717, 1.165) is 11.1 Å². The summed E-state index contributed by atoms with van der Waals surface area (Å²) < 4.78 is 10.0. The fraction of sp³-hybridized carbons (Fsp3) is 0.348. The Kier molecular flexibility index (Phi) is 8.87. The van der Waals surface area contributed by atoms with Gasteiger partial charge in [-0.3, -0.25) is 4.79 Å². The number of rotatable bonds is 9. The van der Waals surface area contributed by atoms with E-state index >= 15 is 0 Å². The van der Waals surface area contributed by atoms with E-state index in [9.17, 15) is 14.4 Å². The maximum atomic E-state index is 12.9. The Morgan fingerprint density at radius 3 is 1.97 bits per heavy atom. The molecule has 2 atom stereocenters. The van der Waals surface area contributed by atoms with Gasteiger partial charge in [0.25, 0.3) is 0 Å². The van der Waals surface area contributed by atoms with Crippen LogP contribution in [0.25, 0.3) is 0 Å². The molecule has 0 spiro atoms. The molecule has 0 radical (unpaired) electrons. The first kappa shape index (κ1) is 22.9. The van der Waals surface area contributed by atoms with E-state index in [2.05, 4.69) is 10.6 Å². The fourth-order valence-electron chi connectivity index (χ4n) is 2.84. The molecular formula is C23H28N2O5. The van der Waals surface area contributed by atoms with Gasteiger partial charge in [-0.05, 0) is 17.0 Å². The monoisotopic (exact) mass is 412 g/mol. The van der Waals surface area contributed by atoms with Crippen LogP contribution < -0.4 is 10.6 Å². The van der Waals surface area contributed by atoms with Crippen molar-refractivity contribution in [1.82, 2.24) is 10.6 Å². The van der Waals surface area contributed by atoms with Crippen molar-refractivity contribution < 1.29 is 23.9 Å². The first-order valence-electron chi connectivity index (χ1n) is 9.80. The van der Waals surface area contributed by atoms with Crippen LogP contribution >= 0.6 is 0 Å². The largest absolute Gasteiger partial charge is 0.467 e. The molecular weight excluding hydrogens is 384 g/mol. The number of ether oxygens (including phenoxy) is 2. The van der Waals surface area contributed by atoms with Crippen LogP contribution in [0.15, 0.2) is 60.7 Å². The normalized spacial score (nSPS) is 12.5. The molecule has 0 aliphatic heterocycles. The molecule has 7 nitrogen and oxygen atoms in total. The molecule has 0 fully saturated rings. The zero-order valence-corrected chi connectivity index (χ0v) is 17.5. The van der Waals surface area contributed by atoms with Crippen molar-refractivity contribution in [2.45, 2.75) is 39.0 Å². The fourth-order valence-corrected chi connectivity index (χ4v) is 2.84. The van der Waals surface area contributed by atoms with Gasteiger partial charge in [-0.1, -0.05) is 74.5 Å². The summed E-state index contributed by atoms with van der Waals surface area (Å²) in [6.07, 6.45) is -0.465. The van der Waals surface area contributed by atoms with Gasteiger partial charge in [-0.2, -0.15) is 0 Å². The van der Waals surface area contributed by atoms with E-state index in [1.54, 1.807) is 13.8 Å². The Bertz CT molecular complexity index is 824. The molecule has 2 amide bonds. The summed E-state index contributed by atoms with van der Waals surface area (Å²) >= 11 is 0. The van der Waals surface area contributed by atoms with Crippen LogP contribution in [0.4, 0.5) is 4.79 Å². The maximum Gasteiger partial charge on any atom is 0.408 e. The van der Waals surface area contributed by atoms with E-state index in [4.69, 9.17) is 9.47 Å². The molecule has 160 valence electrons. The van der Waals surface area contributed by atoms with Gasteiger partial charge < -0.3 is 20.1 Å². The zero-order valence-electron chi connectivity index (χ0n) is 17.5. The predicted molar refractivity (Wildman–Crippen MR) is 112 cm³/mol. The molecule has 0 unspecified atom stereocenters. The summed E-state index contributed by atoms with van der Waals surface area (Å²) in [6, 6.07) is 16.8. The average molecular weight is 412 g/mol. The Morgan fingerprint density at radius 2 is 1.43 bits per heavy atom. The number of alkyl carbamates (subject to hydrolysis) is 1. The van der Waals surface area contributed by atoms with Crippen molar-refractivity contribution >= 4 is 18.0 Å². The van der Waals surface area contributed by atoms with Crippen LogP contribution in [0.2, 0.25) is 0 Å². The Morgan fingerprint density at radius 1 is 0.867 bits per heavy atom. The molecule has 30 heavy (non-hydrogen) atoms. The van der Waals surface area contributed by atoms with Gasteiger partial charge >= 0.3 is 12.1 Å². The summed E-state index contributed by atoms with van der Waals surface area (Å²) in [6.45, 7) is 3.69. The molecule has 0 aromatic heterocycles. The predicted octanol–water partition coefficient (Wildman–Crippen LogP) is 2.84. The molecule has 0 saturated carbocycles. The third-order valence-corrected chi connectivity index (χ3v) is 4.52. The van der Waals surface area contributed by atoms with Gasteiger partial charge in [0.1, 0.15) is 18.7 Å². The van der Waals surface area contributed by atoms with Crippen LogP contribution in [0, 0.1) is 5.92 Å². The molecule has 0 bridgehead atoms. The van der Waals surface area contributed by atoms with Gasteiger partial charge in [-0.15, -0.1) is 0 Å². The third-order valence-electron chi connectivity index (χ3n) is 4.52. The quantitative estimate of drug-likeness (QED) is 0.618. The van der Waals surface area contributed by atoms with Crippen LogP contribution in [0.5, 0.6) is 0 Å². The van der Waals surface area contributed by atoms with Crippen molar-refractivity contribution in [3.63, 3.8) is 0 Å². The number of amides is 2. The second-order valence-electron chi connectivity index (χ2n) is 7.20. The summed E-state index contributed by atoms with van der Waals surface area (Å²) in [5, 5.41) is 5.29. The lowest BCUT2D eigenvalue weighted by Crippen LogP contribution is -2.54. The minimum absolute atomic E-state index is 0.0864.